The fraction of sp³-hybridized carbons (Fsp3) is 0.444. The Bertz CT molecular complexity index is 785. The number of allylic oxidation sites excluding steroid dienone is 1. The number of nitrogens with zero attached hydrogens (tertiary/aromatic N) is 4. The molecule has 0 amide bonds. The van der Waals surface area contributed by atoms with Crippen LogP contribution in [-0.2, 0) is 4.74 Å². The molecule has 3 aliphatic heterocycles. The number of morpholine rings is 1. The Balaban J connectivity index is 1.94. The number of guanidine groups is 1. The summed E-state index contributed by atoms with van der Waals surface area (Å²) < 4.78 is 20.4. The first-order valence-electron chi connectivity index (χ1n) is 8.54. The quantitative estimate of drug-likeness (QED) is 0.893. The van der Waals surface area contributed by atoms with E-state index in [1.165, 1.54) is 0 Å². The number of nitrogens with one attached hydrogen (secondary N) is 1. The van der Waals surface area contributed by atoms with Crippen molar-refractivity contribution in [1.29, 1.82) is 0 Å². The second-order valence-corrected chi connectivity index (χ2v) is 6.54. The third kappa shape index (κ3) is 2.73. The van der Waals surface area contributed by atoms with Gasteiger partial charge in [0.15, 0.2) is 0 Å². The number of halogens is 1. The Labute approximate surface area is 146 Å². The Kier molecular flexibility index (Phi) is 4.05. The second kappa shape index (κ2) is 6.24. The van der Waals surface area contributed by atoms with E-state index in [-0.39, 0.29) is 5.82 Å². The van der Waals surface area contributed by atoms with Gasteiger partial charge in [-0.15, -0.1) is 0 Å². The van der Waals surface area contributed by atoms with Crippen LogP contribution in [-0.4, -0.2) is 54.6 Å². The highest BCUT2D eigenvalue weighted by Gasteiger charge is 2.35. The summed E-state index contributed by atoms with van der Waals surface area (Å²) in [5.74, 6) is 1.33. The van der Waals surface area contributed by atoms with Gasteiger partial charge in [-0.05, 0) is 38.0 Å². The van der Waals surface area contributed by atoms with Gasteiger partial charge in [-0.1, -0.05) is 6.07 Å². The molecule has 1 aromatic rings. The van der Waals surface area contributed by atoms with Crippen LogP contribution in [0.5, 0.6) is 0 Å². The van der Waals surface area contributed by atoms with E-state index in [0.29, 0.717) is 31.4 Å². The number of aryl methyl sites for hydroxylation is 2. The van der Waals surface area contributed by atoms with Gasteiger partial charge in [-0.3, -0.25) is 0 Å². The van der Waals surface area contributed by atoms with Gasteiger partial charge >= 0.3 is 0 Å². The fourth-order valence-corrected chi connectivity index (χ4v) is 3.65. The van der Waals surface area contributed by atoms with Crippen molar-refractivity contribution >= 4 is 17.2 Å². The minimum atomic E-state index is -0.215. The summed E-state index contributed by atoms with van der Waals surface area (Å²) in [6.45, 7) is 9.07. The zero-order chi connectivity index (χ0) is 17.6. The molecule has 7 heteroatoms. The fourth-order valence-electron chi connectivity index (χ4n) is 3.65. The van der Waals surface area contributed by atoms with Crippen LogP contribution in [0.4, 0.5) is 4.39 Å². The van der Waals surface area contributed by atoms with Gasteiger partial charge in [0, 0.05) is 24.2 Å². The molecule has 0 aliphatic carbocycles. The summed E-state index contributed by atoms with van der Waals surface area (Å²) in [7, 11) is 0. The molecule has 6 nitrogen and oxygen atoms in total. The van der Waals surface area contributed by atoms with Crippen molar-refractivity contribution in [2.75, 3.05) is 33.0 Å². The van der Waals surface area contributed by atoms with Crippen molar-refractivity contribution in [3.63, 3.8) is 0 Å². The standard InChI is InChI=1S/C18H22FN5O/c1-11-8-12(2)15(14(19)9-11)16-13(3)22-18-20-10-21-24(18)17(16)23-4-6-25-7-5-23/h8-9,21H,4-7,10H2,1-3H3. The highest BCUT2D eigenvalue weighted by Crippen LogP contribution is 2.34. The molecule has 1 aromatic carbocycles. The zero-order valence-electron chi connectivity index (χ0n) is 14.8. The number of hydrogen-bond acceptors (Lipinski definition) is 6. The van der Waals surface area contributed by atoms with Crippen LogP contribution in [0, 0.1) is 19.7 Å². The SMILES string of the molecule is CC1=NC2=NCNN2C(N2CCOCC2)=C1c1c(C)cc(C)cc1F. The highest BCUT2D eigenvalue weighted by atomic mass is 19.1. The largest absolute Gasteiger partial charge is 0.378 e. The normalized spacial score (nSPS) is 20.6. The van der Waals surface area contributed by atoms with Gasteiger partial charge in [-0.2, -0.15) is 0 Å². The lowest BCUT2D eigenvalue weighted by molar-refractivity contribution is 0.0415. The minimum Gasteiger partial charge on any atom is -0.378 e. The number of benzene rings is 1. The van der Waals surface area contributed by atoms with Gasteiger partial charge in [0.05, 0.1) is 18.9 Å². The maximum absolute atomic E-state index is 15.0. The average molecular weight is 343 g/mol. The summed E-state index contributed by atoms with van der Waals surface area (Å²) in [6, 6.07) is 3.59. The van der Waals surface area contributed by atoms with Crippen LogP contribution in [0.1, 0.15) is 23.6 Å². The van der Waals surface area contributed by atoms with Gasteiger partial charge in [0.2, 0.25) is 5.96 Å². The third-order valence-corrected chi connectivity index (χ3v) is 4.71. The van der Waals surface area contributed by atoms with E-state index in [9.17, 15) is 4.39 Å². The molecule has 1 saturated heterocycles. The molecular weight excluding hydrogens is 321 g/mol. The molecule has 25 heavy (non-hydrogen) atoms. The van der Waals surface area contributed by atoms with Gasteiger partial charge < -0.3 is 9.64 Å². The van der Waals surface area contributed by atoms with Crippen LogP contribution < -0.4 is 5.43 Å². The molecule has 0 saturated carbocycles. The molecule has 1 N–H and O–H groups in total. The van der Waals surface area contributed by atoms with Crippen molar-refractivity contribution in [3.8, 4) is 0 Å². The summed E-state index contributed by atoms with van der Waals surface area (Å²) >= 11 is 0. The van der Waals surface area contributed by atoms with Crippen LogP contribution in [0.3, 0.4) is 0 Å². The molecular formula is C18H22FN5O. The summed E-state index contributed by atoms with van der Waals surface area (Å²) in [4.78, 5) is 11.2. The maximum Gasteiger partial charge on any atom is 0.243 e. The minimum absolute atomic E-state index is 0.215. The molecule has 0 spiro atoms. The summed E-state index contributed by atoms with van der Waals surface area (Å²) in [5, 5.41) is 1.88. The van der Waals surface area contributed by atoms with Crippen molar-refractivity contribution < 1.29 is 9.13 Å². The van der Waals surface area contributed by atoms with E-state index >= 15 is 0 Å². The van der Waals surface area contributed by atoms with E-state index in [4.69, 9.17) is 4.74 Å². The predicted octanol–water partition coefficient (Wildman–Crippen LogP) is 2.05. The lowest BCUT2D eigenvalue weighted by Gasteiger charge is -2.39. The molecule has 0 radical (unpaired) electrons. The lowest BCUT2D eigenvalue weighted by atomic mass is 9.93. The van der Waals surface area contributed by atoms with E-state index in [1.807, 2.05) is 31.8 Å². The number of aliphatic imine (C=N–C) groups is 2. The van der Waals surface area contributed by atoms with E-state index < -0.39 is 0 Å². The first-order chi connectivity index (χ1) is 12.1. The van der Waals surface area contributed by atoms with E-state index in [2.05, 4.69) is 20.3 Å². The smallest absolute Gasteiger partial charge is 0.243 e. The lowest BCUT2D eigenvalue weighted by Crippen LogP contribution is -2.49. The monoisotopic (exact) mass is 343 g/mol. The molecule has 0 unspecified atom stereocenters. The number of rotatable bonds is 2. The van der Waals surface area contributed by atoms with Gasteiger partial charge in [0.1, 0.15) is 18.3 Å². The average Bonchev–Trinajstić information content (AvgIpc) is 3.02. The topological polar surface area (TPSA) is 52.5 Å². The molecule has 1 fully saturated rings. The van der Waals surface area contributed by atoms with Crippen molar-refractivity contribution in [1.82, 2.24) is 15.3 Å². The summed E-state index contributed by atoms with van der Waals surface area (Å²) in [6.07, 6.45) is 0. The zero-order valence-corrected chi connectivity index (χ0v) is 14.8. The number of hydrazine groups is 1. The molecule has 3 heterocycles. The van der Waals surface area contributed by atoms with Crippen LogP contribution >= 0.6 is 0 Å². The van der Waals surface area contributed by atoms with Crippen LogP contribution in [0.2, 0.25) is 0 Å². The van der Waals surface area contributed by atoms with Gasteiger partial charge in [0.25, 0.3) is 0 Å². The molecule has 0 aromatic heterocycles. The Morgan fingerprint density at radius 2 is 1.92 bits per heavy atom. The molecule has 132 valence electrons. The molecule has 4 rings (SSSR count). The van der Waals surface area contributed by atoms with E-state index in [1.54, 1.807) is 6.07 Å². The van der Waals surface area contributed by atoms with E-state index in [0.717, 1.165) is 41.3 Å². The van der Waals surface area contributed by atoms with Crippen molar-refractivity contribution in [2.45, 2.75) is 20.8 Å². The second-order valence-electron chi connectivity index (χ2n) is 6.54. The first-order valence-corrected chi connectivity index (χ1v) is 8.54. The predicted molar refractivity (Wildman–Crippen MR) is 95.6 cm³/mol. The highest BCUT2D eigenvalue weighted by molar-refractivity contribution is 6.28. The summed E-state index contributed by atoms with van der Waals surface area (Å²) in [5.41, 5.74) is 7.28. The Morgan fingerprint density at radius 3 is 2.64 bits per heavy atom. The third-order valence-electron chi connectivity index (χ3n) is 4.71. The molecule has 0 bridgehead atoms. The maximum atomic E-state index is 15.0. The van der Waals surface area contributed by atoms with Gasteiger partial charge in [-0.25, -0.2) is 24.8 Å². The molecule has 0 atom stereocenters. The Morgan fingerprint density at radius 1 is 1.16 bits per heavy atom. The van der Waals surface area contributed by atoms with Crippen LogP contribution in [0.25, 0.3) is 5.57 Å². The number of fused-ring (bicyclic) bond motifs is 1. The van der Waals surface area contributed by atoms with Crippen molar-refractivity contribution in [3.05, 3.63) is 40.5 Å². The number of hydrogen-bond donors (Lipinski definition) is 1. The first kappa shape index (κ1) is 16.2. The Hall–Kier alpha value is -2.25. The van der Waals surface area contributed by atoms with Crippen LogP contribution in [0.15, 0.2) is 27.9 Å². The molecule has 3 aliphatic rings. The number of ether oxygens (including phenoxy) is 1. The van der Waals surface area contributed by atoms with Crippen molar-refractivity contribution in [2.24, 2.45) is 9.98 Å².